The number of rotatable bonds is 12. The molecule has 0 fully saturated rings. The largest absolute Gasteiger partial charge is 0.396 e. The van der Waals surface area contributed by atoms with Crippen molar-refractivity contribution in [2.24, 2.45) is 0 Å². The van der Waals surface area contributed by atoms with Crippen molar-refractivity contribution in [1.29, 1.82) is 0 Å². The van der Waals surface area contributed by atoms with E-state index in [0.29, 0.717) is 6.61 Å². The first-order valence-corrected chi connectivity index (χ1v) is 11.4. The predicted octanol–water partition coefficient (Wildman–Crippen LogP) is 6.15. The molecule has 0 aliphatic rings. The van der Waals surface area contributed by atoms with Crippen molar-refractivity contribution in [3.63, 3.8) is 0 Å². The fraction of sp³-hybridized carbons (Fsp3) is 0.357. The molecule has 0 spiro atoms. The molecule has 3 aromatic rings. The molecule has 3 heteroatoms. The lowest BCUT2D eigenvalue weighted by Crippen LogP contribution is -2.33. The van der Waals surface area contributed by atoms with E-state index in [1.54, 1.807) is 0 Å². The van der Waals surface area contributed by atoms with E-state index in [4.69, 9.17) is 9.84 Å². The van der Waals surface area contributed by atoms with Crippen LogP contribution in [0.3, 0.4) is 0 Å². The highest BCUT2D eigenvalue weighted by Crippen LogP contribution is 2.41. The Kier molecular flexibility index (Phi) is 8.69. The summed E-state index contributed by atoms with van der Waals surface area (Å²) in [5, 5.41) is 12.3. The molecule has 3 rings (SSSR count). The summed E-state index contributed by atoms with van der Waals surface area (Å²) in [5.74, 6) is 0. The van der Waals surface area contributed by atoms with Gasteiger partial charge in [-0.15, -0.1) is 0 Å². The molecule has 2 N–H and O–H groups in total. The normalized spacial score (nSPS) is 13.0. The second-order valence-electron chi connectivity index (χ2n) is 7.91. The average molecular weight is 418 g/mol. The maximum atomic E-state index is 9.05. The minimum absolute atomic E-state index is 0.260. The summed E-state index contributed by atoms with van der Waals surface area (Å²) in [4.78, 5) is 0. The van der Waals surface area contributed by atoms with Crippen LogP contribution in [0.15, 0.2) is 78.9 Å². The van der Waals surface area contributed by atoms with Crippen molar-refractivity contribution >= 4 is 5.69 Å². The molecule has 0 saturated heterocycles. The van der Waals surface area contributed by atoms with Crippen molar-refractivity contribution in [2.75, 3.05) is 25.6 Å². The number of aliphatic hydroxyl groups excluding tert-OH is 1. The van der Waals surface area contributed by atoms with Crippen LogP contribution in [-0.2, 0) is 16.8 Å². The van der Waals surface area contributed by atoms with Crippen molar-refractivity contribution < 1.29 is 9.84 Å². The monoisotopic (exact) mass is 417 g/mol. The quantitative estimate of drug-likeness (QED) is 0.274. The summed E-state index contributed by atoms with van der Waals surface area (Å²) in [6, 6.07) is 27.9. The van der Waals surface area contributed by atoms with Crippen molar-refractivity contribution in [3.8, 4) is 0 Å². The minimum atomic E-state index is -0.670. The summed E-state index contributed by atoms with van der Waals surface area (Å²) >= 11 is 0. The van der Waals surface area contributed by atoms with Crippen LogP contribution in [0.4, 0.5) is 5.69 Å². The second-order valence-corrected chi connectivity index (χ2v) is 7.91. The van der Waals surface area contributed by atoms with Crippen LogP contribution in [0.25, 0.3) is 0 Å². The van der Waals surface area contributed by atoms with Gasteiger partial charge in [-0.3, -0.25) is 0 Å². The van der Waals surface area contributed by atoms with Gasteiger partial charge in [-0.1, -0.05) is 86.5 Å². The fourth-order valence-electron chi connectivity index (χ4n) is 4.06. The fourth-order valence-corrected chi connectivity index (χ4v) is 4.06. The van der Waals surface area contributed by atoms with E-state index in [2.05, 4.69) is 85.0 Å². The van der Waals surface area contributed by atoms with Gasteiger partial charge in [0.15, 0.2) is 0 Å². The number of hydrogen-bond donors (Lipinski definition) is 2. The van der Waals surface area contributed by atoms with Gasteiger partial charge >= 0.3 is 0 Å². The van der Waals surface area contributed by atoms with Gasteiger partial charge in [0.1, 0.15) is 5.60 Å². The van der Waals surface area contributed by atoms with Crippen LogP contribution in [-0.4, -0.2) is 25.4 Å². The number of anilines is 1. The number of nitrogens with one attached hydrogen (secondary N) is 1. The summed E-state index contributed by atoms with van der Waals surface area (Å²) in [7, 11) is 1.94. The molecule has 3 aromatic carbocycles. The van der Waals surface area contributed by atoms with Gasteiger partial charge in [0, 0.05) is 25.9 Å². The molecule has 3 nitrogen and oxygen atoms in total. The smallest absolute Gasteiger partial charge is 0.143 e. The molecule has 0 aliphatic carbocycles. The first-order chi connectivity index (χ1) is 15.2. The van der Waals surface area contributed by atoms with E-state index in [1.165, 1.54) is 5.56 Å². The molecule has 0 amide bonds. The molecule has 164 valence electrons. The van der Waals surface area contributed by atoms with E-state index < -0.39 is 5.60 Å². The Hall–Kier alpha value is -2.62. The molecular weight excluding hydrogens is 382 g/mol. The Morgan fingerprint density at radius 3 is 1.90 bits per heavy atom. The van der Waals surface area contributed by atoms with Gasteiger partial charge in [-0.2, -0.15) is 0 Å². The first kappa shape index (κ1) is 23.1. The highest BCUT2D eigenvalue weighted by molar-refractivity contribution is 5.52. The van der Waals surface area contributed by atoms with Crippen molar-refractivity contribution in [1.82, 2.24) is 0 Å². The molecular formula is C28H35NO2. The average Bonchev–Trinajstić information content (AvgIpc) is 2.85. The van der Waals surface area contributed by atoms with Gasteiger partial charge in [0.2, 0.25) is 0 Å². The van der Waals surface area contributed by atoms with Gasteiger partial charge in [-0.25, -0.2) is 0 Å². The molecule has 0 bridgehead atoms. The third-order valence-electron chi connectivity index (χ3n) is 5.90. The van der Waals surface area contributed by atoms with E-state index in [9.17, 15) is 0 Å². The van der Waals surface area contributed by atoms with E-state index >= 15 is 0 Å². The molecule has 0 heterocycles. The molecule has 0 aliphatic heterocycles. The Balaban J connectivity index is 2.05. The SMILES string of the molecule is CCc1ccc(C(OCCCCCCO)(c2ccccc2)c2ccc(NC)cc2)cc1. The van der Waals surface area contributed by atoms with E-state index in [0.717, 1.165) is 54.5 Å². The number of hydrogen-bond acceptors (Lipinski definition) is 3. The molecule has 1 unspecified atom stereocenters. The van der Waals surface area contributed by atoms with Gasteiger partial charge in [-0.05, 0) is 53.6 Å². The number of unbranched alkanes of at least 4 members (excludes halogenated alkanes) is 3. The highest BCUT2D eigenvalue weighted by atomic mass is 16.5. The van der Waals surface area contributed by atoms with Crippen LogP contribution in [0.2, 0.25) is 0 Å². The molecule has 0 saturated carbocycles. The van der Waals surface area contributed by atoms with Crippen molar-refractivity contribution in [2.45, 2.75) is 44.6 Å². The minimum Gasteiger partial charge on any atom is -0.396 e. The number of aliphatic hydroxyl groups is 1. The second kappa shape index (κ2) is 11.7. The van der Waals surface area contributed by atoms with Crippen LogP contribution >= 0.6 is 0 Å². The van der Waals surface area contributed by atoms with Crippen LogP contribution < -0.4 is 5.32 Å². The van der Waals surface area contributed by atoms with Crippen LogP contribution in [0, 0.1) is 0 Å². The standard InChI is InChI=1S/C28H35NO2/c1-3-23-13-15-25(16-14-23)28(24-11-7-6-8-12-24,31-22-10-5-4-9-21-30)26-17-19-27(29-2)20-18-26/h6-8,11-20,29-30H,3-5,9-10,21-22H2,1-2H3. The summed E-state index contributed by atoms with van der Waals surface area (Å²) in [5.41, 5.74) is 5.13. The maximum Gasteiger partial charge on any atom is 0.143 e. The van der Waals surface area contributed by atoms with Crippen molar-refractivity contribution in [3.05, 3.63) is 101 Å². The lowest BCUT2D eigenvalue weighted by atomic mass is 9.79. The number of aryl methyl sites for hydroxylation is 1. The zero-order chi connectivity index (χ0) is 21.9. The highest BCUT2D eigenvalue weighted by Gasteiger charge is 2.37. The molecule has 1 atom stereocenters. The zero-order valence-corrected chi connectivity index (χ0v) is 18.8. The zero-order valence-electron chi connectivity index (χ0n) is 18.8. The Labute approximate surface area is 187 Å². The lowest BCUT2D eigenvalue weighted by Gasteiger charge is -2.36. The summed E-state index contributed by atoms with van der Waals surface area (Å²) in [6.07, 6.45) is 4.92. The summed E-state index contributed by atoms with van der Waals surface area (Å²) in [6.45, 7) is 3.10. The molecule has 0 aromatic heterocycles. The predicted molar refractivity (Wildman–Crippen MR) is 130 cm³/mol. The Bertz CT molecular complexity index is 841. The topological polar surface area (TPSA) is 41.5 Å². The lowest BCUT2D eigenvalue weighted by molar-refractivity contribution is 0.0105. The number of ether oxygens (including phenoxy) is 1. The molecule has 0 radical (unpaired) electrons. The Morgan fingerprint density at radius 2 is 1.32 bits per heavy atom. The third-order valence-corrected chi connectivity index (χ3v) is 5.90. The van der Waals surface area contributed by atoms with Gasteiger partial charge in [0.05, 0.1) is 0 Å². The van der Waals surface area contributed by atoms with Gasteiger partial charge in [0.25, 0.3) is 0 Å². The third kappa shape index (κ3) is 5.55. The van der Waals surface area contributed by atoms with E-state index in [1.807, 2.05) is 13.1 Å². The maximum absolute atomic E-state index is 9.05. The van der Waals surface area contributed by atoms with Crippen LogP contribution in [0.1, 0.15) is 54.9 Å². The summed E-state index contributed by atoms with van der Waals surface area (Å²) < 4.78 is 6.83. The van der Waals surface area contributed by atoms with Gasteiger partial charge < -0.3 is 15.2 Å². The Morgan fingerprint density at radius 1 is 0.742 bits per heavy atom. The first-order valence-electron chi connectivity index (χ1n) is 11.4. The molecule has 31 heavy (non-hydrogen) atoms. The number of benzene rings is 3. The van der Waals surface area contributed by atoms with Crippen LogP contribution in [0.5, 0.6) is 0 Å². The van der Waals surface area contributed by atoms with E-state index in [-0.39, 0.29) is 6.61 Å².